The Balaban J connectivity index is 1.18. The summed E-state index contributed by atoms with van der Waals surface area (Å²) in [5.41, 5.74) is 9.88. The van der Waals surface area contributed by atoms with Crippen LogP contribution in [0.2, 0.25) is 0 Å². The Hall–Kier alpha value is -3.59. The monoisotopic (exact) mass is 576 g/mol. The summed E-state index contributed by atoms with van der Waals surface area (Å²) in [4.78, 5) is 52.8. The van der Waals surface area contributed by atoms with Crippen molar-refractivity contribution in [2.45, 2.75) is 31.8 Å². The number of rotatable bonds is 20. The molecule has 0 aromatic heterocycles. The van der Waals surface area contributed by atoms with Crippen molar-refractivity contribution in [2.75, 3.05) is 77.9 Å². The van der Waals surface area contributed by atoms with E-state index < -0.39 is 11.9 Å². The second-order valence-electron chi connectivity index (χ2n) is 9.09. The maximum atomic E-state index is 12.8. The van der Waals surface area contributed by atoms with Gasteiger partial charge in [-0.2, -0.15) is 0 Å². The third kappa shape index (κ3) is 11.1. The molecular formula is C26H36N6O9. The number of nitrogens with one attached hydrogen (secondary N) is 2. The van der Waals surface area contributed by atoms with E-state index in [0.717, 1.165) is 0 Å². The molecule has 1 fully saturated rings. The van der Waals surface area contributed by atoms with Crippen LogP contribution in [0.3, 0.4) is 0 Å². The van der Waals surface area contributed by atoms with Crippen molar-refractivity contribution in [1.82, 2.24) is 10.2 Å². The Bertz CT molecular complexity index is 1100. The number of anilines is 1. The van der Waals surface area contributed by atoms with Crippen LogP contribution in [0.5, 0.6) is 0 Å². The maximum absolute atomic E-state index is 12.8. The molecule has 2 aliphatic heterocycles. The zero-order valence-electron chi connectivity index (χ0n) is 22.9. The molecule has 0 radical (unpaired) electrons. The smallest absolute Gasteiger partial charge is 0.255 e. The summed E-state index contributed by atoms with van der Waals surface area (Å²) < 4.78 is 26.8. The Morgan fingerprint density at radius 1 is 0.951 bits per heavy atom. The minimum Gasteiger partial charge on any atom is -0.379 e. The van der Waals surface area contributed by atoms with Gasteiger partial charge >= 0.3 is 0 Å². The van der Waals surface area contributed by atoms with Crippen LogP contribution in [0.15, 0.2) is 23.3 Å². The number of amides is 4. The fourth-order valence-corrected chi connectivity index (χ4v) is 4.17. The number of carbonyl (C=O) groups excluding carboxylic acids is 4. The van der Waals surface area contributed by atoms with Crippen molar-refractivity contribution >= 4 is 29.3 Å². The first-order valence-electron chi connectivity index (χ1n) is 13.5. The van der Waals surface area contributed by atoms with E-state index in [1.54, 1.807) is 18.2 Å². The van der Waals surface area contributed by atoms with Crippen molar-refractivity contribution < 1.29 is 42.9 Å². The highest BCUT2D eigenvalue weighted by Gasteiger charge is 2.39. The van der Waals surface area contributed by atoms with Gasteiger partial charge < -0.3 is 33.9 Å². The van der Waals surface area contributed by atoms with E-state index >= 15 is 0 Å². The van der Waals surface area contributed by atoms with Crippen LogP contribution in [0.4, 0.5) is 5.69 Å². The zero-order valence-corrected chi connectivity index (χ0v) is 22.9. The fourth-order valence-electron chi connectivity index (χ4n) is 4.17. The molecule has 2 heterocycles. The van der Waals surface area contributed by atoms with Gasteiger partial charge in [0.25, 0.3) is 5.91 Å². The van der Waals surface area contributed by atoms with Gasteiger partial charge in [0.1, 0.15) is 6.04 Å². The van der Waals surface area contributed by atoms with Crippen LogP contribution < -0.4 is 10.6 Å². The molecule has 1 aromatic rings. The molecule has 41 heavy (non-hydrogen) atoms. The highest BCUT2D eigenvalue weighted by atomic mass is 16.6. The molecule has 1 unspecified atom stereocenters. The van der Waals surface area contributed by atoms with E-state index in [1.165, 1.54) is 4.90 Å². The lowest BCUT2D eigenvalue weighted by Crippen LogP contribution is -2.52. The van der Waals surface area contributed by atoms with Crippen LogP contribution in [-0.4, -0.2) is 107 Å². The van der Waals surface area contributed by atoms with Gasteiger partial charge in [0.2, 0.25) is 17.7 Å². The van der Waals surface area contributed by atoms with Crippen molar-refractivity contribution in [2.24, 2.45) is 5.11 Å². The zero-order chi connectivity index (χ0) is 29.3. The lowest BCUT2D eigenvalue weighted by Gasteiger charge is -2.29. The van der Waals surface area contributed by atoms with Gasteiger partial charge in [-0.1, -0.05) is 5.11 Å². The molecule has 15 heteroatoms. The number of hydrogen-bond donors (Lipinski definition) is 2. The maximum Gasteiger partial charge on any atom is 0.255 e. The first-order valence-corrected chi connectivity index (χ1v) is 13.5. The number of hydrogen-bond acceptors (Lipinski definition) is 10. The summed E-state index contributed by atoms with van der Waals surface area (Å²) in [5.74, 6) is -1.29. The van der Waals surface area contributed by atoms with Crippen LogP contribution in [0.25, 0.3) is 10.4 Å². The summed E-state index contributed by atoms with van der Waals surface area (Å²) in [6.07, 6.45) is 0.641. The molecule has 1 atom stereocenters. The quantitative estimate of drug-likeness (QED) is 0.0754. The molecule has 224 valence electrons. The predicted octanol–water partition coefficient (Wildman–Crippen LogP) is 1.17. The standard InChI is InChI=1S/C26H36N6O9/c27-31-28-6-8-38-10-12-40-14-16-41-15-13-39-11-9-37-7-5-24(34)29-20-1-2-21-19(17-20)18-32(26(21)36)22-3-4-23(33)30-25(22)35/h1-2,17,22H,3-16,18H2,(H,29,34)(H,30,33,35). The summed E-state index contributed by atoms with van der Waals surface area (Å²) >= 11 is 0. The summed E-state index contributed by atoms with van der Waals surface area (Å²) in [6, 6.07) is 4.33. The first-order chi connectivity index (χ1) is 20.0. The number of ether oxygens (including phenoxy) is 5. The Kier molecular flexibility index (Phi) is 14.0. The third-order valence-electron chi connectivity index (χ3n) is 6.17. The van der Waals surface area contributed by atoms with Crippen LogP contribution in [0, 0.1) is 0 Å². The Morgan fingerprint density at radius 3 is 2.17 bits per heavy atom. The lowest BCUT2D eigenvalue weighted by molar-refractivity contribution is -0.137. The number of azide groups is 1. The molecule has 3 rings (SSSR count). The number of nitrogens with zero attached hydrogens (tertiary/aromatic N) is 4. The molecular weight excluding hydrogens is 540 g/mol. The minimum absolute atomic E-state index is 0.153. The number of piperidine rings is 1. The summed E-state index contributed by atoms with van der Waals surface area (Å²) in [5, 5.41) is 8.44. The van der Waals surface area contributed by atoms with E-state index in [-0.39, 0.29) is 43.7 Å². The SMILES string of the molecule is [N-]=[N+]=NCCOCCOCCOCCOCCOCCC(=O)Nc1ccc2c(c1)CN(C1CCC(=O)NC1=O)C2=O. The molecule has 2 N–H and O–H groups in total. The Morgan fingerprint density at radius 2 is 1.56 bits per heavy atom. The molecule has 0 saturated carbocycles. The van der Waals surface area contributed by atoms with E-state index in [0.29, 0.717) is 89.2 Å². The van der Waals surface area contributed by atoms with E-state index in [4.69, 9.17) is 29.2 Å². The van der Waals surface area contributed by atoms with E-state index in [1.807, 2.05) is 0 Å². The van der Waals surface area contributed by atoms with Crippen molar-refractivity contribution in [3.63, 3.8) is 0 Å². The van der Waals surface area contributed by atoms with E-state index in [9.17, 15) is 19.2 Å². The number of imide groups is 1. The molecule has 0 aliphatic carbocycles. The van der Waals surface area contributed by atoms with Crippen molar-refractivity contribution in [1.29, 1.82) is 0 Å². The molecule has 2 aliphatic rings. The molecule has 0 spiro atoms. The van der Waals surface area contributed by atoms with Crippen molar-refractivity contribution in [3.05, 3.63) is 39.8 Å². The highest BCUT2D eigenvalue weighted by Crippen LogP contribution is 2.29. The van der Waals surface area contributed by atoms with Gasteiger partial charge in [-0.05, 0) is 35.7 Å². The summed E-state index contributed by atoms with van der Waals surface area (Å²) in [6.45, 7) is 4.42. The molecule has 4 amide bonds. The van der Waals surface area contributed by atoms with Crippen molar-refractivity contribution in [3.8, 4) is 0 Å². The molecule has 15 nitrogen and oxygen atoms in total. The Labute approximate surface area is 237 Å². The van der Waals surface area contributed by atoms with Gasteiger partial charge in [0.05, 0.1) is 72.5 Å². The van der Waals surface area contributed by atoms with E-state index in [2.05, 4.69) is 20.7 Å². The molecule has 0 bridgehead atoms. The van der Waals surface area contributed by atoms with Crippen LogP contribution in [0.1, 0.15) is 35.2 Å². The van der Waals surface area contributed by atoms with Gasteiger partial charge in [0.15, 0.2) is 0 Å². The predicted molar refractivity (Wildman–Crippen MR) is 144 cm³/mol. The first kappa shape index (κ1) is 31.9. The lowest BCUT2D eigenvalue weighted by atomic mass is 10.0. The molecule has 1 saturated heterocycles. The van der Waals surface area contributed by atoms with Gasteiger partial charge in [-0.25, -0.2) is 0 Å². The average Bonchev–Trinajstić information content (AvgIpc) is 3.27. The second-order valence-corrected chi connectivity index (χ2v) is 9.09. The third-order valence-corrected chi connectivity index (χ3v) is 6.17. The number of benzene rings is 1. The second kappa shape index (κ2) is 18.0. The summed E-state index contributed by atoms with van der Waals surface area (Å²) in [7, 11) is 0. The number of fused-ring (bicyclic) bond motifs is 1. The minimum atomic E-state index is -0.681. The topological polar surface area (TPSA) is 190 Å². The average molecular weight is 577 g/mol. The van der Waals surface area contributed by atoms with Gasteiger partial charge in [-0.3, -0.25) is 24.5 Å². The van der Waals surface area contributed by atoms with Gasteiger partial charge in [-0.15, -0.1) is 0 Å². The fraction of sp³-hybridized carbons (Fsp3) is 0.615. The largest absolute Gasteiger partial charge is 0.379 e. The molecule has 1 aromatic carbocycles. The highest BCUT2D eigenvalue weighted by molar-refractivity contribution is 6.05. The van der Waals surface area contributed by atoms with Crippen LogP contribution >= 0.6 is 0 Å². The van der Waals surface area contributed by atoms with Crippen LogP contribution in [-0.2, 0) is 44.6 Å². The van der Waals surface area contributed by atoms with Gasteiger partial charge in [0, 0.05) is 35.7 Å². The normalized spacial score (nSPS) is 16.3. The number of carbonyl (C=O) groups is 4.